The molecule has 4 heteroatoms. The van der Waals surface area contributed by atoms with Crippen molar-refractivity contribution in [1.29, 1.82) is 0 Å². The van der Waals surface area contributed by atoms with Crippen LogP contribution in [0.5, 0.6) is 11.5 Å². The van der Waals surface area contributed by atoms with Gasteiger partial charge in [-0.2, -0.15) is 0 Å². The second-order valence-corrected chi connectivity index (χ2v) is 9.21. The molecule has 2 aliphatic rings. The molecule has 4 rings (SSSR count). The van der Waals surface area contributed by atoms with E-state index in [1.54, 1.807) is 0 Å². The highest BCUT2D eigenvalue weighted by Gasteiger charge is 2.49. The molecule has 162 valence electrons. The second kappa shape index (κ2) is 8.99. The molecular formula is C26H35NO3. The molecule has 0 amide bonds. The minimum absolute atomic E-state index is 0.130. The van der Waals surface area contributed by atoms with E-state index >= 15 is 0 Å². The van der Waals surface area contributed by atoms with Gasteiger partial charge in [-0.3, -0.25) is 0 Å². The van der Waals surface area contributed by atoms with Crippen LogP contribution in [-0.2, 0) is 4.74 Å². The van der Waals surface area contributed by atoms with Crippen molar-refractivity contribution < 1.29 is 14.2 Å². The Hall–Kier alpha value is -2.04. The Kier molecular flexibility index (Phi) is 6.35. The molecular weight excluding hydrogens is 374 g/mol. The van der Waals surface area contributed by atoms with Gasteiger partial charge in [-0.15, -0.1) is 0 Å². The van der Waals surface area contributed by atoms with Crippen LogP contribution in [-0.4, -0.2) is 31.0 Å². The second-order valence-electron chi connectivity index (χ2n) is 9.21. The fourth-order valence-corrected chi connectivity index (χ4v) is 4.96. The van der Waals surface area contributed by atoms with Gasteiger partial charge in [0.2, 0.25) is 0 Å². The first-order valence-electron chi connectivity index (χ1n) is 11.4. The highest BCUT2D eigenvalue weighted by atomic mass is 16.5. The molecule has 2 aromatic rings. The number of rotatable bonds is 6. The van der Waals surface area contributed by atoms with Gasteiger partial charge >= 0.3 is 0 Å². The van der Waals surface area contributed by atoms with E-state index in [0.717, 1.165) is 37.3 Å². The van der Waals surface area contributed by atoms with Crippen molar-refractivity contribution in [2.45, 2.75) is 76.7 Å². The van der Waals surface area contributed by atoms with Crippen LogP contribution in [0.15, 0.2) is 48.5 Å². The lowest BCUT2D eigenvalue weighted by Crippen LogP contribution is -2.48. The largest absolute Gasteiger partial charge is 0.491 e. The van der Waals surface area contributed by atoms with Crippen LogP contribution in [0.3, 0.4) is 0 Å². The Morgan fingerprint density at radius 3 is 2.50 bits per heavy atom. The van der Waals surface area contributed by atoms with E-state index in [2.05, 4.69) is 75.5 Å². The van der Waals surface area contributed by atoms with E-state index in [4.69, 9.17) is 14.2 Å². The van der Waals surface area contributed by atoms with Crippen LogP contribution in [0.4, 0.5) is 0 Å². The third-order valence-electron chi connectivity index (χ3n) is 6.10. The van der Waals surface area contributed by atoms with Crippen molar-refractivity contribution >= 4 is 0 Å². The molecule has 4 nitrogen and oxygen atoms in total. The molecule has 0 bridgehead atoms. The first kappa shape index (κ1) is 21.2. The summed E-state index contributed by atoms with van der Waals surface area (Å²) in [6.07, 6.45) is 3.48. The third kappa shape index (κ3) is 4.50. The first-order valence-corrected chi connectivity index (χ1v) is 11.4. The Morgan fingerprint density at radius 2 is 1.77 bits per heavy atom. The molecule has 2 saturated heterocycles. The molecule has 2 aliphatic heterocycles. The minimum Gasteiger partial charge on any atom is -0.491 e. The summed E-state index contributed by atoms with van der Waals surface area (Å²) in [5, 5.41) is 3.74. The van der Waals surface area contributed by atoms with Gasteiger partial charge in [0.1, 0.15) is 11.5 Å². The first-order chi connectivity index (χ1) is 14.5. The molecule has 1 spiro atoms. The Morgan fingerprint density at radius 1 is 1.00 bits per heavy atom. The van der Waals surface area contributed by atoms with Crippen LogP contribution >= 0.6 is 0 Å². The van der Waals surface area contributed by atoms with Crippen molar-refractivity contribution in [2.24, 2.45) is 0 Å². The Labute approximate surface area is 180 Å². The minimum atomic E-state index is -0.172. The summed E-state index contributed by atoms with van der Waals surface area (Å²) in [7, 11) is 0. The monoisotopic (exact) mass is 409 g/mol. The van der Waals surface area contributed by atoms with E-state index in [1.807, 2.05) is 6.07 Å². The molecule has 2 fully saturated rings. The quantitative estimate of drug-likeness (QED) is 0.671. The van der Waals surface area contributed by atoms with Crippen molar-refractivity contribution in [3.05, 3.63) is 59.7 Å². The maximum Gasteiger partial charge on any atom is 0.123 e. The molecule has 2 heterocycles. The van der Waals surface area contributed by atoms with E-state index in [-0.39, 0.29) is 23.9 Å². The lowest BCUT2D eigenvalue weighted by Gasteiger charge is -2.41. The van der Waals surface area contributed by atoms with E-state index in [9.17, 15) is 0 Å². The summed E-state index contributed by atoms with van der Waals surface area (Å²) in [5.41, 5.74) is 2.35. The molecule has 0 saturated carbocycles. The number of piperidine rings is 1. The molecule has 0 aromatic heterocycles. The van der Waals surface area contributed by atoms with E-state index < -0.39 is 0 Å². The van der Waals surface area contributed by atoms with Crippen molar-refractivity contribution in [3.8, 4) is 11.5 Å². The molecule has 30 heavy (non-hydrogen) atoms. The molecule has 1 N–H and O–H groups in total. The summed E-state index contributed by atoms with van der Waals surface area (Å²) >= 11 is 0. The number of ether oxygens (including phenoxy) is 3. The fraction of sp³-hybridized carbons (Fsp3) is 0.538. The molecule has 0 unspecified atom stereocenters. The molecule has 3 atom stereocenters. The zero-order chi connectivity index (χ0) is 21.1. The SMILES string of the molecule is CC(C)Oc1ccc(OC(C)C)c([C@@H]2CO[C@]3(CCCN[C@H]3c3ccccc3)C2)c1. The van der Waals surface area contributed by atoms with Gasteiger partial charge in [0, 0.05) is 11.5 Å². The van der Waals surface area contributed by atoms with Gasteiger partial charge in [0.25, 0.3) is 0 Å². The van der Waals surface area contributed by atoms with E-state index in [0.29, 0.717) is 12.5 Å². The fourth-order valence-electron chi connectivity index (χ4n) is 4.96. The highest BCUT2D eigenvalue weighted by molar-refractivity contribution is 5.44. The number of nitrogens with one attached hydrogen (secondary N) is 1. The van der Waals surface area contributed by atoms with Gasteiger partial charge in [0.15, 0.2) is 0 Å². The average molecular weight is 410 g/mol. The summed E-state index contributed by atoms with van der Waals surface area (Å²) in [4.78, 5) is 0. The lowest BCUT2D eigenvalue weighted by molar-refractivity contribution is -0.0484. The maximum absolute atomic E-state index is 6.64. The van der Waals surface area contributed by atoms with Gasteiger partial charge < -0.3 is 19.5 Å². The predicted octanol–water partition coefficient (Wildman–Crippen LogP) is 5.63. The van der Waals surface area contributed by atoms with Crippen molar-refractivity contribution in [1.82, 2.24) is 5.32 Å². The zero-order valence-corrected chi connectivity index (χ0v) is 18.7. The van der Waals surface area contributed by atoms with Crippen LogP contribution < -0.4 is 14.8 Å². The van der Waals surface area contributed by atoms with Crippen LogP contribution in [0, 0.1) is 0 Å². The van der Waals surface area contributed by atoms with Gasteiger partial charge in [-0.05, 0) is 77.3 Å². The molecule has 0 aliphatic carbocycles. The van der Waals surface area contributed by atoms with Gasteiger partial charge in [0.05, 0.1) is 30.5 Å². The summed E-state index contributed by atoms with van der Waals surface area (Å²) in [5.74, 6) is 2.14. The standard InChI is InChI=1S/C26H35NO3/c1-18(2)29-22-11-12-24(30-19(3)4)23(15-22)21-16-26(28-17-21)13-8-14-27-25(26)20-9-6-5-7-10-20/h5-7,9-12,15,18-19,21,25,27H,8,13-14,16-17H2,1-4H3/t21-,25-,26+/m0/s1. The number of benzene rings is 2. The summed E-state index contributed by atoms with van der Waals surface area (Å²) in [6, 6.07) is 17.2. The topological polar surface area (TPSA) is 39.7 Å². The normalized spacial score (nSPS) is 26.5. The number of hydrogen-bond acceptors (Lipinski definition) is 4. The van der Waals surface area contributed by atoms with Gasteiger partial charge in [-0.25, -0.2) is 0 Å². The molecule has 0 radical (unpaired) electrons. The van der Waals surface area contributed by atoms with Crippen molar-refractivity contribution in [2.75, 3.05) is 13.2 Å². The highest BCUT2D eigenvalue weighted by Crippen LogP contribution is 2.50. The maximum atomic E-state index is 6.64. The third-order valence-corrected chi connectivity index (χ3v) is 6.10. The summed E-state index contributed by atoms with van der Waals surface area (Å²) < 4.78 is 18.8. The van der Waals surface area contributed by atoms with Crippen molar-refractivity contribution in [3.63, 3.8) is 0 Å². The lowest BCUT2D eigenvalue weighted by atomic mass is 9.77. The summed E-state index contributed by atoms with van der Waals surface area (Å²) in [6.45, 7) is 10.0. The predicted molar refractivity (Wildman–Crippen MR) is 120 cm³/mol. The Balaban J connectivity index is 1.63. The van der Waals surface area contributed by atoms with E-state index in [1.165, 1.54) is 11.1 Å². The average Bonchev–Trinajstić information content (AvgIpc) is 3.13. The van der Waals surface area contributed by atoms with Crippen LogP contribution in [0.2, 0.25) is 0 Å². The number of hydrogen-bond donors (Lipinski definition) is 1. The van der Waals surface area contributed by atoms with Crippen LogP contribution in [0.1, 0.15) is 70.0 Å². The molecule has 2 aromatic carbocycles. The van der Waals surface area contributed by atoms with Gasteiger partial charge in [-0.1, -0.05) is 30.3 Å². The smallest absolute Gasteiger partial charge is 0.123 e. The Bertz CT molecular complexity index is 835. The van der Waals surface area contributed by atoms with Crippen LogP contribution in [0.25, 0.3) is 0 Å². The zero-order valence-electron chi connectivity index (χ0n) is 18.7.